The highest BCUT2D eigenvalue weighted by Crippen LogP contribution is 2.49. The van der Waals surface area contributed by atoms with Crippen LogP contribution in [0.2, 0.25) is 0 Å². The van der Waals surface area contributed by atoms with E-state index in [1.165, 1.54) is 10.4 Å². The van der Waals surface area contributed by atoms with Crippen molar-refractivity contribution in [3.8, 4) is 0 Å². The van der Waals surface area contributed by atoms with E-state index in [-0.39, 0.29) is 35.7 Å². The van der Waals surface area contributed by atoms with E-state index in [2.05, 4.69) is 9.97 Å². The van der Waals surface area contributed by atoms with Gasteiger partial charge in [-0.25, -0.2) is 23.4 Å². The Morgan fingerprint density at radius 3 is 1.98 bits per heavy atom. The highest BCUT2D eigenvalue weighted by Gasteiger charge is 2.71. The van der Waals surface area contributed by atoms with Gasteiger partial charge in [-0.3, -0.25) is 0 Å². The molecule has 2 saturated heterocycles. The Balaban J connectivity index is 1.27. The van der Waals surface area contributed by atoms with Crippen molar-refractivity contribution in [1.29, 1.82) is 0 Å². The van der Waals surface area contributed by atoms with E-state index < -0.39 is 39.6 Å². The quantitative estimate of drug-likeness (QED) is 0.150. The van der Waals surface area contributed by atoms with Crippen LogP contribution in [0, 0.1) is 5.92 Å². The summed E-state index contributed by atoms with van der Waals surface area (Å²) >= 11 is 1.01. The predicted octanol–water partition coefficient (Wildman–Crippen LogP) is 6.72. The smallest absolute Gasteiger partial charge is 0.381 e. The Labute approximate surface area is 294 Å². The van der Waals surface area contributed by atoms with E-state index >= 15 is 0 Å². The maximum absolute atomic E-state index is 14.0. The molecule has 0 amide bonds. The second kappa shape index (κ2) is 14.6. The number of nitrogens with zero attached hydrogens (tertiary/aromatic N) is 5. The molecule has 0 aliphatic carbocycles. The number of piperazine rings is 1. The van der Waals surface area contributed by atoms with Crippen LogP contribution in [-0.4, -0.2) is 84.8 Å². The normalized spacial score (nSPS) is 18.5. The van der Waals surface area contributed by atoms with Crippen LogP contribution < -0.4 is 4.90 Å². The number of hydrogen-bond donors (Lipinski definition) is 1. The minimum Gasteiger partial charge on any atom is -0.381 e. The number of halogens is 6. The maximum Gasteiger partial charge on any atom is 0.430 e. The largest absolute Gasteiger partial charge is 0.430 e. The van der Waals surface area contributed by atoms with Crippen molar-refractivity contribution in [3.63, 3.8) is 0 Å². The molecule has 51 heavy (non-hydrogen) atoms. The van der Waals surface area contributed by atoms with Gasteiger partial charge >= 0.3 is 12.4 Å². The minimum atomic E-state index is -6.08. The Morgan fingerprint density at radius 1 is 0.863 bits per heavy atom. The van der Waals surface area contributed by atoms with Crippen LogP contribution in [-0.2, 0) is 20.4 Å². The molecule has 17 heteroatoms. The van der Waals surface area contributed by atoms with Crippen molar-refractivity contribution >= 4 is 38.0 Å². The second-order valence-corrected chi connectivity index (χ2v) is 15.5. The molecule has 0 radical (unpaired) electrons. The summed E-state index contributed by atoms with van der Waals surface area (Å²) in [7, 11) is -4.04. The molecule has 0 saturated carbocycles. The number of aliphatic imine (C=N–C) groups is 1. The number of hydrogen-bond acceptors (Lipinski definition) is 9. The fourth-order valence-corrected chi connectivity index (χ4v) is 9.05. The lowest BCUT2D eigenvalue weighted by molar-refractivity contribution is -0.376. The van der Waals surface area contributed by atoms with Crippen LogP contribution in [0.15, 0.2) is 94.4 Å². The molecule has 9 nitrogen and oxygen atoms in total. The summed E-state index contributed by atoms with van der Waals surface area (Å²) in [5.74, 6) is -0.0625. The fraction of sp³-hybridized carbons (Fsp3) is 0.382. The molecule has 2 fully saturated rings. The Hall–Kier alpha value is -3.90. The SMILES string of the molecule is O=S(=O)(c1ccc(N=C(c2ccccc2)c2ccccc2)s1)N1CCN(c2ncc(C(O)(C(F)(F)F)C(F)(F)F)cn2)C(CC2CCOCC2)C1. The van der Waals surface area contributed by atoms with Crippen LogP contribution in [0.3, 0.4) is 0 Å². The third kappa shape index (κ3) is 7.67. The van der Waals surface area contributed by atoms with Crippen molar-refractivity contribution in [3.05, 3.63) is 102 Å². The summed E-state index contributed by atoms with van der Waals surface area (Å²) in [6, 6.07) is 21.6. The third-order valence-corrected chi connectivity index (χ3v) is 12.3. The number of alkyl halides is 6. The Morgan fingerprint density at radius 2 is 1.43 bits per heavy atom. The summed E-state index contributed by atoms with van der Waals surface area (Å²) in [5.41, 5.74) is -4.37. The number of benzene rings is 2. The molecule has 2 aliphatic rings. The Bertz CT molecular complexity index is 1860. The van der Waals surface area contributed by atoms with Gasteiger partial charge in [-0.1, -0.05) is 60.7 Å². The zero-order chi connectivity index (χ0) is 36.4. The standard InChI is InChI=1S/C34H33F6N5O4S2/c35-33(36,37)32(46,34(38,39)40)26-20-41-31(42-21-26)45-16-15-44(22-27(45)19-23-13-17-49-18-14-23)51(47,48)29-12-11-28(50-29)43-30(24-7-3-1-4-8-24)25-9-5-2-6-10-25/h1-12,20-21,23,27,46H,13-19,22H2. The van der Waals surface area contributed by atoms with E-state index in [4.69, 9.17) is 9.73 Å². The van der Waals surface area contributed by atoms with Gasteiger partial charge in [0.15, 0.2) is 0 Å². The monoisotopic (exact) mass is 753 g/mol. The van der Waals surface area contributed by atoms with Crippen molar-refractivity contribution in [1.82, 2.24) is 14.3 Å². The van der Waals surface area contributed by atoms with Gasteiger partial charge in [0.05, 0.1) is 5.71 Å². The van der Waals surface area contributed by atoms with Gasteiger partial charge < -0.3 is 14.7 Å². The van der Waals surface area contributed by atoms with E-state index in [9.17, 15) is 39.9 Å². The Kier molecular flexibility index (Phi) is 10.6. The topological polar surface area (TPSA) is 108 Å². The molecule has 1 unspecified atom stereocenters. The van der Waals surface area contributed by atoms with Crippen LogP contribution in [0.4, 0.5) is 37.3 Å². The molecule has 0 bridgehead atoms. The molecule has 2 aliphatic heterocycles. The molecule has 4 aromatic rings. The van der Waals surface area contributed by atoms with Crippen molar-refractivity contribution < 1.29 is 44.6 Å². The van der Waals surface area contributed by atoms with Gasteiger partial charge in [-0.2, -0.15) is 30.6 Å². The molecule has 1 N–H and O–H groups in total. The molecule has 6 rings (SSSR count). The van der Waals surface area contributed by atoms with E-state index in [1.807, 2.05) is 60.7 Å². The summed E-state index contributed by atoms with van der Waals surface area (Å²) in [5, 5.41) is 10.3. The molecule has 1 atom stereocenters. The first-order valence-corrected chi connectivity index (χ1v) is 18.3. The van der Waals surface area contributed by atoms with E-state index in [0.717, 1.165) is 22.5 Å². The fourth-order valence-electron chi connectivity index (χ4n) is 6.26. The van der Waals surface area contributed by atoms with Crippen LogP contribution >= 0.6 is 11.3 Å². The molecule has 2 aromatic carbocycles. The van der Waals surface area contributed by atoms with Gasteiger partial charge in [-0.15, -0.1) is 11.3 Å². The van der Waals surface area contributed by atoms with Gasteiger partial charge in [-0.05, 0) is 37.3 Å². The van der Waals surface area contributed by atoms with E-state index in [1.54, 1.807) is 11.0 Å². The summed E-state index contributed by atoms with van der Waals surface area (Å²) in [4.78, 5) is 14.1. The predicted molar refractivity (Wildman–Crippen MR) is 179 cm³/mol. The highest BCUT2D eigenvalue weighted by atomic mass is 32.2. The molecule has 0 spiro atoms. The molecular weight excluding hydrogens is 721 g/mol. The van der Waals surface area contributed by atoms with Crippen LogP contribution in [0.5, 0.6) is 0 Å². The molecule has 4 heterocycles. The minimum absolute atomic E-state index is 0.0117. The lowest BCUT2D eigenvalue weighted by Gasteiger charge is -2.42. The van der Waals surface area contributed by atoms with Crippen molar-refractivity contribution in [2.75, 3.05) is 37.7 Å². The van der Waals surface area contributed by atoms with Crippen LogP contribution in [0.25, 0.3) is 0 Å². The summed E-state index contributed by atoms with van der Waals surface area (Å²) < 4.78 is 116. The lowest BCUT2D eigenvalue weighted by Crippen LogP contribution is -2.56. The number of aliphatic hydroxyl groups is 1. The molecule has 272 valence electrons. The van der Waals surface area contributed by atoms with Gasteiger partial charge in [0.25, 0.3) is 15.6 Å². The molecular formula is C34H33F6N5O4S2. The van der Waals surface area contributed by atoms with Gasteiger partial charge in [0, 0.05) is 68.0 Å². The second-order valence-electron chi connectivity index (χ2n) is 12.3. The first-order valence-electron chi connectivity index (χ1n) is 16.0. The first-order chi connectivity index (χ1) is 24.2. The summed E-state index contributed by atoms with van der Waals surface area (Å²) in [6.45, 7) is 0.936. The average Bonchev–Trinajstić information content (AvgIpc) is 3.60. The zero-order valence-electron chi connectivity index (χ0n) is 26.9. The average molecular weight is 754 g/mol. The first kappa shape index (κ1) is 36.9. The lowest BCUT2D eigenvalue weighted by atomic mass is 9.91. The number of thiophene rings is 1. The molecule has 2 aromatic heterocycles. The maximum atomic E-state index is 14.0. The van der Waals surface area contributed by atoms with Gasteiger partial charge in [0.1, 0.15) is 9.21 Å². The van der Waals surface area contributed by atoms with Crippen LogP contribution in [0.1, 0.15) is 36.0 Å². The number of anilines is 1. The number of sulfonamides is 1. The summed E-state index contributed by atoms with van der Waals surface area (Å²) in [6.07, 6.45) is -9.71. The number of aromatic nitrogens is 2. The van der Waals surface area contributed by atoms with E-state index in [0.29, 0.717) is 55.6 Å². The number of rotatable bonds is 9. The highest BCUT2D eigenvalue weighted by molar-refractivity contribution is 7.91. The number of ether oxygens (including phenoxy) is 1. The van der Waals surface area contributed by atoms with Gasteiger partial charge in [0.2, 0.25) is 5.95 Å². The van der Waals surface area contributed by atoms with Crippen molar-refractivity contribution in [2.24, 2.45) is 10.9 Å². The van der Waals surface area contributed by atoms with Crippen molar-refractivity contribution in [2.45, 2.75) is 47.5 Å². The zero-order valence-corrected chi connectivity index (χ0v) is 28.5. The third-order valence-electron chi connectivity index (χ3n) is 9.00.